The Balaban J connectivity index is 2.85. The number of methoxy groups -OCH3 is 1. The zero-order valence-corrected chi connectivity index (χ0v) is 10.0. The fourth-order valence-corrected chi connectivity index (χ4v) is 1.72. The summed E-state index contributed by atoms with van der Waals surface area (Å²) in [7, 11) is 1.64. The van der Waals surface area contributed by atoms with Crippen molar-refractivity contribution in [1.82, 2.24) is 0 Å². The van der Waals surface area contributed by atoms with E-state index in [1.165, 1.54) is 0 Å². The highest BCUT2D eigenvalue weighted by molar-refractivity contribution is 9.09. The van der Waals surface area contributed by atoms with Crippen molar-refractivity contribution in [3.8, 4) is 5.75 Å². The van der Waals surface area contributed by atoms with E-state index in [0.29, 0.717) is 4.83 Å². The quantitative estimate of drug-likeness (QED) is 0.756. The summed E-state index contributed by atoms with van der Waals surface area (Å²) in [6, 6.07) is 5.77. The molecular weight excluding hydrogens is 251 g/mol. The summed E-state index contributed by atoms with van der Waals surface area (Å²) >= 11 is 9.54. The Kier molecular flexibility index (Phi) is 4.07. The first-order valence-electron chi connectivity index (χ1n) is 4.10. The van der Waals surface area contributed by atoms with Crippen molar-refractivity contribution in [1.29, 1.82) is 0 Å². The molecule has 0 amide bonds. The van der Waals surface area contributed by atoms with Gasteiger partial charge in [0, 0.05) is 9.85 Å². The first-order valence-corrected chi connectivity index (χ1v) is 5.39. The van der Waals surface area contributed by atoms with Gasteiger partial charge in [-0.05, 0) is 24.1 Å². The Bertz CT molecular complexity index is 286. The molecule has 1 rings (SSSR count). The fourth-order valence-electron chi connectivity index (χ4n) is 1.12. The Morgan fingerprint density at radius 3 is 2.69 bits per heavy atom. The maximum absolute atomic E-state index is 6.05. The van der Waals surface area contributed by atoms with E-state index in [1.54, 1.807) is 7.11 Å². The molecule has 13 heavy (non-hydrogen) atoms. The van der Waals surface area contributed by atoms with Gasteiger partial charge in [-0.1, -0.05) is 40.5 Å². The van der Waals surface area contributed by atoms with E-state index in [4.69, 9.17) is 16.3 Å². The van der Waals surface area contributed by atoms with Crippen LogP contribution in [-0.2, 0) is 6.42 Å². The lowest BCUT2D eigenvalue weighted by Gasteiger charge is -2.07. The lowest BCUT2D eigenvalue weighted by atomic mass is 10.1. The van der Waals surface area contributed by atoms with Crippen LogP contribution >= 0.6 is 27.5 Å². The highest BCUT2D eigenvalue weighted by Crippen LogP contribution is 2.24. The maximum atomic E-state index is 6.05. The summed E-state index contributed by atoms with van der Waals surface area (Å²) in [5.74, 6) is 0.802. The van der Waals surface area contributed by atoms with Crippen LogP contribution in [0.25, 0.3) is 0 Å². The van der Waals surface area contributed by atoms with Crippen LogP contribution in [0.4, 0.5) is 0 Å². The summed E-state index contributed by atoms with van der Waals surface area (Å²) in [5, 5.41) is 0.769. The molecule has 0 radical (unpaired) electrons. The Labute approximate surface area is 92.2 Å². The molecule has 1 aromatic carbocycles. The molecule has 0 aromatic heterocycles. The zero-order chi connectivity index (χ0) is 9.84. The molecule has 0 N–H and O–H groups in total. The minimum Gasteiger partial charge on any atom is -0.497 e. The predicted molar refractivity (Wildman–Crippen MR) is 60.1 cm³/mol. The molecule has 3 heteroatoms. The monoisotopic (exact) mass is 262 g/mol. The van der Waals surface area contributed by atoms with Crippen LogP contribution in [0.5, 0.6) is 5.75 Å². The van der Waals surface area contributed by atoms with E-state index in [0.717, 1.165) is 22.8 Å². The lowest BCUT2D eigenvalue weighted by Crippen LogP contribution is -1.97. The maximum Gasteiger partial charge on any atom is 0.120 e. The third kappa shape index (κ3) is 3.20. The van der Waals surface area contributed by atoms with E-state index in [-0.39, 0.29) is 0 Å². The summed E-state index contributed by atoms with van der Waals surface area (Å²) in [5.41, 5.74) is 1.15. The number of hydrogen-bond donors (Lipinski definition) is 0. The number of alkyl halides is 1. The lowest BCUT2D eigenvalue weighted by molar-refractivity contribution is 0.414. The number of hydrogen-bond acceptors (Lipinski definition) is 1. The van der Waals surface area contributed by atoms with E-state index in [9.17, 15) is 0 Å². The van der Waals surface area contributed by atoms with Gasteiger partial charge in [0.05, 0.1) is 7.11 Å². The molecule has 0 saturated heterocycles. The fraction of sp³-hybridized carbons (Fsp3) is 0.400. The number of halogens is 2. The molecule has 1 unspecified atom stereocenters. The van der Waals surface area contributed by atoms with Crippen molar-refractivity contribution in [2.75, 3.05) is 7.11 Å². The van der Waals surface area contributed by atoms with Crippen LogP contribution in [0.3, 0.4) is 0 Å². The van der Waals surface area contributed by atoms with Gasteiger partial charge in [0.25, 0.3) is 0 Å². The Morgan fingerprint density at radius 2 is 2.23 bits per heavy atom. The van der Waals surface area contributed by atoms with E-state index in [2.05, 4.69) is 22.9 Å². The minimum absolute atomic E-state index is 0.443. The average Bonchev–Trinajstić information content (AvgIpc) is 2.08. The molecule has 0 aliphatic heterocycles. The van der Waals surface area contributed by atoms with Gasteiger partial charge >= 0.3 is 0 Å². The number of rotatable bonds is 3. The van der Waals surface area contributed by atoms with Crippen LogP contribution in [-0.4, -0.2) is 11.9 Å². The molecule has 0 heterocycles. The number of ether oxygens (including phenoxy) is 1. The number of benzene rings is 1. The van der Waals surface area contributed by atoms with Crippen molar-refractivity contribution in [3.05, 3.63) is 28.8 Å². The van der Waals surface area contributed by atoms with Gasteiger partial charge in [0.1, 0.15) is 5.75 Å². The normalized spacial score (nSPS) is 12.6. The summed E-state index contributed by atoms with van der Waals surface area (Å²) in [4.78, 5) is 0.443. The van der Waals surface area contributed by atoms with Crippen LogP contribution in [0, 0.1) is 0 Å². The molecule has 1 atom stereocenters. The molecule has 0 aliphatic rings. The van der Waals surface area contributed by atoms with Crippen molar-refractivity contribution < 1.29 is 4.74 Å². The smallest absolute Gasteiger partial charge is 0.120 e. The van der Waals surface area contributed by atoms with Crippen molar-refractivity contribution in [2.45, 2.75) is 18.2 Å². The predicted octanol–water partition coefficient (Wildman–Crippen LogP) is 3.67. The van der Waals surface area contributed by atoms with Gasteiger partial charge in [0.2, 0.25) is 0 Å². The summed E-state index contributed by atoms with van der Waals surface area (Å²) in [6.45, 7) is 2.10. The van der Waals surface area contributed by atoms with Crippen molar-refractivity contribution in [2.24, 2.45) is 0 Å². The van der Waals surface area contributed by atoms with Crippen molar-refractivity contribution in [3.63, 3.8) is 0 Å². The standard InChI is InChI=1S/C10H12BrClO/c1-7(11)5-8-3-4-9(13-2)6-10(8)12/h3-4,6-7H,5H2,1-2H3. The van der Waals surface area contributed by atoms with E-state index >= 15 is 0 Å². The summed E-state index contributed by atoms with van der Waals surface area (Å²) in [6.07, 6.45) is 0.933. The van der Waals surface area contributed by atoms with E-state index in [1.807, 2.05) is 18.2 Å². The van der Waals surface area contributed by atoms with Gasteiger partial charge < -0.3 is 4.74 Å². The third-order valence-corrected chi connectivity index (χ3v) is 2.44. The molecule has 0 fully saturated rings. The van der Waals surface area contributed by atoms with Crippen molar-refractivity contribution >= 4 is 27.5 Å². The second-order valence-corrected chi connectivity index (χ2v) is 4.91. The second-order valence-electron chi connectivity index (χ2n) is 2.94. The van der Waals surface area contributed by atoms with Gasteiger partial charge in [-0.15, -0.1) is 0 Å². The molecule has 0 spiro atoms. The second kappa shape index (κ2) is 4.87. The SMILES string of the molecule is COc1ccc(CC(C)Br)c(Cl)c1. The molecule has 0 saturated carbocycles. The Morgan fingerprint density at radius 1 is 1.54 bits per heavy atom. The molecule has 1 nitrogen and oxygen atoms in total. The molecule has 1 aromatic rings. The summed E-state index contributed by atoms with van der Waals surface area (Å²) < 4.78 is 5.06. The van der Waals surface area contributed by atoms with E-state index < -0.39 is 0 Å². The largest absolute Gasteiger partial charge is 0.497 e. The zero-order valence-electron chi connectivity index (χ0n) is 7.68. The first kappa shape index (κ1) is 10.9. The topological polar surface area (TPSA) is 9.23 Å². The highest BCUT2D eigenvalue weighted by atomic mass is 79.9. The Hall–Kier alpha value is -0.210. The van der Waals surface area contributed by atoms with Crippen LogP contribution in [0.15, 0.2) is 18.2 Å². The molecule has 0 bridgehead atoms. The molecule has 0 aliphatic carbocycles. The van der Waals surface area contributed by atoms with Crippen LogP contribution in [0.1, 0.15) is 12.5 Å². The third-order valence-electron chi connectivity index (χ3n) is 1.76. The molecule has 72 valence electrons. The molecular formula is C10H12BrClO. The van der Waals surface area contributed by atoms with Gasteiger partial charge in [-0.25, -0.2) is 0 Å². The van der Waals surface area contributed by atoms with Gasteiger partial charge in [0.15, 0.2) is 0 Å². The van der Waals surface area contributed by atoms with Gasteiger partial charge in [-0.3, -0.25) is 0 Å². The van der Waals surface area contributed by atoms with Crippen LogP contribution in [0.2, 0.25) is 5.02 Å². The highest BCUT2D eigenvalue weighted by Gasteiger charge is 2.04. The van der Waals surface area contributed by atoms with Gasteiger partial charge in [-0.2, -0.15) is 0 Å². The first-order chi connectivity index (χ1) is 6.13. The van der Waals surface area contributed by atoms with Crippen LogP contribution < -0.4 is 4.74 Å². The average molecular weight is 264 g/mol. The minimum atomic E-state index is 0.443.